The van der Waals surface area contributed by atoms with Crippen LogP contribution >= 0.6 is 11.8 Å². The second-order valence-corrected chi connectivity index (χ2v) is 5.97. The zero-order chi connectivity index (χ0) is 13.1. The highest BCUT2D eigenvalue weighted by atomic mass is 32.2. The molecular weight excluding hydrogens is 234 g/mol. The minimum Gasteiger partial charge on any atom is -0.481 e. The summed E-state index contributed by atoms with van der Waals surface area (Å²) in [5.41, 5.74) is 0. The summed E-state index contributed by atoms with van der Waals surface area (Å²) in [5, 5.41) is 12.2. The Kier molecular flexibility index (Phi) is 10.8. The molecule has 0 spiro atoms. The number of hydrogen-bond donors (Lipinski definition) is 2. The second-order valence-electron chi connectivity index (χ2n) is 4.58. The van der Waals surface area contributed by atoms with Crippen molar-refractivity contribution in [1.82, 2.24) is 5.32 Å². The average molecular weight is 261 g/mol. The van der Waals surface area contributed by atoms with Gasteiger partial charge in [-0.3, -0.25) is 4.79 Å². The first-order valence-corrected chi connectivity index (χ1v) is 7.77. The minimum absolute atomic E-state index is 0.205. The first kappa shape index (κ1) is 16.8. The van der Waals surface area contributed by atoms with E-state index in [4.69, 9.17) is 5.11 Å². The largest absolute Gasteiger partial charge is 0.481 e. The standard InChI is InChI=1S/C13H27NO2S/c1-4-17-10-6-9-14-12(3)8-5-7-11(2)13(15)16/h11-12,14H,4-10H2,1-3H3,(H,15,16). The maximum atomic E-state index is 10.6. The molecule has 0 aromatic heterocycles. The Bertz CT molecular complexity index is 200. The van der Waals surface area contributed by atoms with Gasteiger partial charge in [-0.25, -0.2) is 0 Å². The molecule has 0 aromatic carbocycles. The highest BCUT2D eigenvalue weighted by Gasteiger charge is 2.10. The van der Waals surface area contributed by atoms with Crippen molar-refractivity contribution in [2.75, 3.05) is 18.1 Å². The summed E-state index contributed by atoms with van der Waals surface area (Å²) < 4.78 is 0. The van der Waals surface area contributed by atoms with Gasteiger partial charge < -0.3 is 10.4 Å². The van der Waals surface area contributed by atoms with Gasteiger partial charge in [-0.15, -0.1) is 0 Å². The number of carboxylic acids is 1. The molecule has 4 heteroatoms. The lowest BCUT2D eigenvalue weighted by molar-refractivity contribution is -0.141. The molecule has 0 fully saturated rings. The first-order valence-electron chi connectivity index (χ1n) is 6.61. The zero-order valence-corrected chi connectivity index (χ0v) is 12.2. The van der Waals surface area contributed by atoms with E-state index in [-0.39, 0.29) is 5.92 Å². The molecule has 0 amide bonds. The Balaban J connectivity index is 3.34. The van der Waals surface area contributed by atoms with E-state index in [1.165, 1.54) is 17.9 Å². The highest BCUT2D eigenvalue weighted by molar-refractivity contribution is 7.99. The van der Waals surface area contributed by atoms with Gasteiger partial charge in [-0.2, -0.15) is 11.8 Å². The molecule has 3 nitrogen and oxygen atoms in total. The van der Waals surface area contributed by atoms with Gasteiger partial charge in [0.2, 0.25) is 0 Å². The van der Waals surface area contributed by atoms with Crippen LogP contribution in [-0.2, 0) is 4.79 Å². The smallest absolute Gasteiger partial charge is 0.306 e. The van der Waals surface area contributed by atoms with E-state index in [1.807, 2.05) is 11.8 Å². The topological polar surface area (TPSA) is 49.3 Å². The molecule has 2 atom stereocenters. The molecular formula is C13H27NO2S. The number of carboxylic acid groups (broad SMARTS) is 1. The molecule has 17 heavy (non-hydrogen) atoms. The molecule has 0 saturated heterocycles. The lowest BCUT2D eigenvalue weighted by Crippen LogP contribution is -2.27. The lowest BCUT2D eigenvalue weighted by Gasteiger charge is -2.14. The van der Waals surface area contributed by atoms with Gasteiger partial charge in [-0.1, -0.05) is 20.3 Å². The molecule has 0 bridgehead atoms. The summed E-state index contributed by atoms with van der Waals surface area (Å²) in [7, 11) is 0. The molecule has 0 aliphatic heterocycles. The van der Waals surface area contributed by atoms with Crippen molar-refractivity contribution in [2.24, 2.45) is 5.92 Å². The Morgan fingerprint density at radius 2 is 2.00 bits per heavy atom. The van der Waals surface area contributed by atoms with E-state index in [0.29, 0.717) is 6.04 Å². The van der Waals surface area contributed by atoms with Crippen LogP contribution in [0.3, 0.4) is 0 Å². The normalized spacial score (nSPS) is 14.5. The quantitative estimate of drug-likeness (QED) is 0.561. The van der Waals surface area contributed by atoms with Crippen LogP contribution in [0.1, 0.15) is 46.5 Å². The van der Waals surface area contributed by atoms with Gasteiger partial charge in [0.05, 0.1) is 5.92 Å². The predicted octanol–water partition coefficient (Wildman–Crippen LogP) is 3.00. The Hall–Kier alpha value is -0.220. The summed E-state index contributed by atoms with van der Waals surface area (Å²) in [4.78, 5) is 10.6. The fourth-order valence-electron chi connectivity index (χ4n) is 1.62. The Morgan fingerprint density at radius 1 is 1.29 bits per heavy atom. The van der Waals surface area contributed by atoms with E-state index in [2.05, 4.69) is 19.2 Å². The predicted molar refractivity (Wildman–Crippen MR) is 75.7 cm³/mol. The number of nitrogens with one attached hydrogen (secondary N) is 1. The summed E-state index contributed by atoms with van der Waals surface area (Å²) in [6.07, 6.45) is 4.06. The van der Waals surface area contributed by atoms with E-state index in [1.54, 1.807) is 6.92 Å². The number of carbonyl (C=O) groups is 1. The van der Waals surface area contributed by atoms with E-state index in [0.717, 1.165) is 25.8 Å². The first-order chi connectivity index (χ1) is 8.07. The zero-order valence-electron chi connectivity index (χ0n) is 11.4. The molecule has 0 saturated carbocycles. The second kappa shape index (κ2) is 10.9. The molecule has 0 heterocycles. The third kappa shape index (κ3) is 10.6. The van der Waals surface area contributed by atoms with Crippen LogP contribution in [0.15, 0.2) is 0 Å². The van der Waals surface area contributed by atoms with Gasteiger partial charge in [0.15, 0.2) is 0 Å². The van der Waals surface area contributed by atoms with Crippen molar-refractivity contribution in [3.8, 4) is 0 Å². The van der Waals surface area contributed by atoms with Crippen molar-refractivity contribution < 1.29 is 9.90 Å². The van der Waals surface area contributed by atoms with Gasteiger partial charge in [0.1, 0.15) is 0 Å². The van der Waals surface area contributed by atoms with Crippen LogP contribution < -0.4 is 5.32 Å². The molecule has 0 rings (SSSR count). The number of thioether (sulfide) groups is 1. The third-order valence-corrected chi connectivity index (χ3v) is 3.84. The molecule has 0 aliphatic rings. The van der Waals surface area contributed by atoms with Gasteiger partial charge in [-0.05, 0) is 44.2 Å². The van der Waals surface area contributed by atoms with Crippen LogP contribution in [0, 0.1) is 5.92 Å². The lowest BCUT2D eigenvalue weighted by atomic mass is 10.0. The van der Waals surface area contributed by atoms with Gasteiger partial charge >= 0.3 is 5.97 Å². The van der Waals surface area contributed by atoms with E-state index >= 15 is 0 Å². The summed E-state index contributed by atoms with van der Waals surface area (Å²) in [5.74, 6) is 1.54. The fraction of sp³-hybridized carbons (Fsp3) is 0.923. The summed E-state index contributed by atoms with van der Waals surface area (Å²) >= 11 is 1.98. The van der Waals surface area contributed by atoms with Crippen molar-refractivity contribution in [3.05, 3.63) is 0 Å². The maximum Gasteiger partial charge on any atom is 0.306 e. The molecule has 102 valence electrons. The third-order valence-electron chi connectivity index (χ3n) is 2.86. The number of hydrogen-bond acceptors (Lipinski definition) is 3. The Labute approximate surface area is 110 Å². The summed E-state index contributed by atoms with van der Waals surface area (Å²) in [6, 6.07) is 0.502. The van der Waals surface area contributed by atoms with Crippen molar-refractivity contribution >= 4 is 17.7 Å². The Morgan fingerprint density at radius 3 is 2.59 bits per heavy atom. The molecule has 2 unspecified atom stereocenters. The van der Waals surface area contributed by atoms with Crippen LogP contribution in [0.2, 0.25) is 0 Å². The number of rotatable bonds is 11. The molecule has 0 aliphatic carbocycles. The average Bonchev–Trinajstić information content (AvgIpc) is 2.28. The summed E-state index contributed by atoms with van der Waals surface area (Å²) in [6.45, 7) is 7.22. The molecule has 0 aromatic rings. The fourth-order valence-corrected chi connectivity index (χ4v) is 2.26. The van der Waals surface area contributed by atoms with Crippen molar-refractivity contribution in [1.29, 1.82) is 0 Å². The van der Waals surface area contributed by atoms with Crippen LogP contribution in [0.5, 0.6) is 0 Å². The monoisotopic (exact) mass is 261 g/mol. The van der Waals surface area contributed by atoms with E-state index in [9.17, 15) is 4.79 Å². The van der Waals surface area contributed by atoms with Crippen LogP contribution in [0.25, 0.3) is 0 Å². The van der Waals surface area contributed by atoms with Crippen LogP contribution in [-0.4, -0.2) is 35.2 Å². The van der Waals surface area contributed by atoms with Crippen LogP contribution in [0.4, 0.5) is 0 Å². The highest BCUT2D eigenvalue weighted by Crippen LogP contribution is 2.09. The molecule has 2 N–H and O–H groups in total. The maximum absolute atomic E-state index is 10.6. The van der Waals surface area contributed by atoms with Crippen molar-refractivity contribution in [2.45, 2.75) is 52.5 Å². The SMILES string of the molecule is CCSCCCNC(C)CCCC(C)C(=O)O. The minimum atomic E-state index is -0.679. The van der Waals surface area contributed by atoms with E-state index < -0.39 is 5.97 Å². The van der Waals surface area contributed by atoms with Gasteiger partial charge in [0, 0.05) is 6.04 Å². The van der Waals surface area contributed by atoms with Gasteiger partial charge in [0.25, 0.3) is 0 Å². The number of aliphatic carboxylic acids is 1. The molecule has 0 radical (unpaired) electrons. The van der Waals surface area contributed by atoms with Crippen molar-refractivity contribution in [3.63, 3.8) is 0 Å².